The molecule has 0 aliphatic rings. The molecule has 5 N–H and O–H groups in total. The van der Waals surface area contributed by atoms with Crippen molar-refractivity contribution in [2.75, 3.05) is 11.9 Å². The van der Waals surface area contributed by atoms with E-state index in [4.69, 9.17) is 10.9 Å². The molecule has 1 atom stereocenters. The average Bonchev–Trinajstić information content (AvgIpc) is 2.39. The van der Waals surface area contributed by atoms with Crippen LogP contribution in [0.2, 0.25) is 0 Å². The molecule has 21 heavy (non-hydrogen) atoms. The number of primary sulfonamides is 1. The Hall–Kier alpha value is -1.44. The third-order valence-corrected chi connectivity index (χ3v) is 4.41. The van der Waals surface area contributed by atoms with Crippen molar-refractivity contribution in [2.24, 2.45) is 16.8 Å². The van der Waals surface area contributed by atoms with E-state index in [1.54, 1.807) is 6.92 Å². The van der Waals surface area contributed by atoms with E-state index in [-0.39, 0.29) is 23.3 Å². The second kappa shape index (κ2) is 7.02. The van der Waals surface area contributed by atoms with Crippen molar-refractivity contribution in [3.05, 3.63) is 23.3 Å². The maximum Gasteiger partial charge on any atom is 0.238 e. The number of anilines is 1. The van der Waals surface area contributed by atoms with Crippen LogP contribution in [0.5, 0.6) is 0 Å². The second-order valence-electron chi connectivity index (χ2n) is 5.17. The van der Waals surface area contributed by atoms with Crippen molar-refractivity contribution >= 4 is 21.6 Å². The maximum atomic E-state index is 12.2. The van der Waals surface area contributed by atoms with Gasteiger partial charge in [0, 0.05) is 12.2 Å². The van der Waals surface area contributed by atoms with Crippen LogP contribution in [-0.2, 0) is 14.8 Å². The molecule has 7 heteroatoms. The first kappa shape index (κ1) is 17.6. The normalized spacial score (nSPS) is 13.0. The smallest absolute Gasteiger partial charge is 0.238 e. The molecule has 6 nitrogen and oxygen atoms in total. The van der Waals surface area contributed by atoms with E-state index < -0.39 is 10.0 Å². The Bertz CT molecular complexity index is 627. The quantitative estimate of drug-likeness (QED) is 0.733. The predicted octanol–water partition coefficient (Wildman–Crippen LogP) is 1.26. The summed E-state index contributed by atoms with van der Waals surface area (Å²) < 4.78 is 22.9. The van der Waals surface area contributed by atoms with Gasteiger partial charge in [-0.25, -0.2) is 13.6 Å². The van der Waals surface area contributed by atoms with E-state index in [2.05, 4.69) is 5.32 Å². The van der Waals surface area contributed by atoms with Crippen LogP contribution in [-0.4, -0.2) is 20.9 Å². The largest absolute Gasteiger partial charge is 0.330 e. The Morgan fingerprint density at radius 1 is 1.33 bits per heavy atom. The molecule has 1 aromatic rings. The fourth-order valence-corrected chi connectivity index (χ4v) is 2.68. The van der Waals surface area contributed by atoms with Gasteiger partial charge in [-0.15, -0.1) is 0 Å². The summed E-state index contributed by atoms with van der Waals surface area (Å²) in [5.41, 5.74) is 7.62. The van der Waals surface area contributed by atoms with Gasteiger partial charge in [0.1, 0.15) is 0 Å². The molecule has 0 aromatic heterocycles. The lowest BCUT2D eigenvalue weighted by molar-refractivity contribution is -0.119. The van der Waals surface area contributed by atoms with Gasteiger partial charge in [0.05, 0.1) is 10.8 Å². The minimum absolute atomic E-state index is 0.0133. The fourth-order valence-electron chi connectivity index (χ4n) is 2.06. The third kappa shape index (κ3) is 4.52. The Balaban J connectivity index is 3.13. The van der Waals surface area contributed by atoms with Gasteiger partial charge in [0.15, 0.2) is 0 Å². The summed E-state index contributed by atoms with van der Waals surface area (Å²) in [6.45, 7) is 5.82. The molecule has 1 aromatic carbocycles. The van der Waals surface area contributed by atoms with Crippen LogP contribution in [0.3, 0.4) is 0 Å². The lowest BCUT2D eigenvalue weighted by Crippen LogP contribution is -2.29. The van der Waals surface area contributed by atoms with E-state index in [1.165, 1.54) is 12.1 Å². The summed E-state index contributed by atoms with van der Waals surface area (Å²) >= 11 is 0. The highest BCUT2D eigenvalue weighted by Crippen LogP contribution is 2.24. The topological polar surface area (TPSA) is 115 Å². The molecular formula is C14H23N3O3S. The van der Waals surface area contributed by atoms with E-state index in [9.17, 15) is 13.2 Å². The van der Waals surface area contributed by atoms with Gasteiger partial charge in [-0.05, 0) is 43.5 Å². The molecule has 0 spiro atoms. The van der Waals surface area contributed by atoms with Gasteiger partial charge < -0.3 is 11.1 Å². The first-order valence-corrected chi connectivity index (χ1v) is 8.40. The minimum atomic E-state index is -3.81. The number of nitrogens with one attached hydrogen (secondary N) is 1. The molecular weight excluding hydrogens is 290 g/mol. The minimum Gasteiger partial charge on any atom is -0.330 e. The van der Waals surface area contributed by atoms with Gasteiger partial charge in [-0.1, -0.05) is 13.3 Å². The predicted molar refractivity (Wildman–Crippen MR) is 83.4 cm³/mol. The van der Waals surface area contributed by atoms with Crippen molar-refractivity contribution in [1.82, 2.24) is 0 Å². The SMILES string of the molecule is CCCC(CN)C(=O)Nc1cc(S(N)(=O)=O)cc(C)c1C. The van der Waals surface area contributed by atoms with Crippen molar-refractivity contribution in [2.45, 2.75) is 38.5 Å². The van der Waals surface area contributed by atoms with Crippen LogP contribution in [0, 0.1) is 19.8 Å². The highest BCUT2D eigenvalue weighted by molar-refractivity contribution is 7.89. The van der Waals surface area contributed by atoms with Crippen molar-refractivity contribution in [1.29, 1.82) is 0 Å². The number of benzene rings is 1. The molecule has 1 amide bonds. The molecule has 0 aliphatic carbocycles. The number of rotatable bonds is 6. The van der Waals surface area contributed by atoms with E-state index in [0.717, 1.165) is 17.5 Å². The van der Waals surface area contributed by atoms with Crippen LogP contribution >= 0.6 is 0 Å². The highest BCUT2D eigenvalue weighted by Gasteiger charge is 2.19. The molecule has 0 heterocycles. The summed E-state index contributed by atoms with van der Waals surface area (Å²) in [4.78, 5) is 12.2. The molecule has 0 saturated heterocycles. The van der Waals surface area contributed by atoms with Crippen molar-refractivity contribution in [3.63, 3.8) is 0 Å². The van der Waals surface area contributed by atoms with E-state index in [1.807, 2.05) is 13.8 Å². The van der Waals surface area contributed by atoms with Crippen molar-refractivity contribution in [3.8, 4) is 0 Å². The molecule has 0 aliphatic heterocycles. The number of carbonyl (C=O) groups excluding carboxylic acids is 1. The first-order chi connectivity index (χ1) is 9.70. The molecule has 1 unspecified atom stereocenters. The summed E-state index contributed by atoms with van der Waals surface area (Å²) in [5, 5.41) is 7.91. The van der Waals surface area contributed by atoms with Crippen molar-refractivity contribution < 1.29 is 13.2 Å². The van der Waals surface area contributed by atoms with Crippen LogP contribution < -0.4 is 16.2 Å². The standard InChI is InChI=1S/C14H23N3O3S/c1-4-5-11(8-15)14(18)17-13-7-12(21(16,19)20)6-9(2)10(13)3/h6-7,11H,4-5,8,15H2,1-3H3,(H,17,18)(H2,16,19,20). The number of nitrogens with two attached hydrogens (primary N) is 2. The van der Waals surface area contributed by atoms with Gasteiger partial charge in [0.2, 0.25) is 15.9 Å². The molecule has 0 fully saturated rings. The Morgan fingerprint density at radius 3 is 2.43 bits per heavy atom. The number of sulfonamides is 1. The molecule has 1 rings (SSSR count). The second-order valence-corrected chi connectivity index (χ2v) is 6.73. The average molecular weight is 313 g/mol. The zero-order chi connectivity index (χ0) is 16.2. The number of hydrogen-bond acceptors (Lipinski definition) is 4. The fraction of sp³-hybridized carbons (Fsp3) is 0.500. The number of aryl methyl sites for hydroxylation is 1. The number of carbonyl (C=O) groups is 1. The van der Waals surface area contributed by atoms with E-state index in [0.29, 0.717) is 12.1 Å². The zero-order valence-corrected chi connectivity index (χ0v) is 13.5. The monoisotopic (exact) mass is 313 g/mol. The third-order valence-electron chi connectivity index (χ3n) is 3.52. The van der Waals surface area contributed by atoms with E-state index >= 15 is 0 Å². The van der Waals surface area contributed by atoms with Gasteiger partial charge in [-0.2, -0.15) is 0 Å². The van der Waals surface area contributed by atoms with Gasteiger partial charge in [-0.3, -0.25) is 4.79 Å². The molecule has 0 bridgehead atoms. The Labute approximate surface area is 126 Å². The molecule has 0 saturated carbocycles. The van der Waals surface area contributed by atoms with Crippen LogP contribution in [0.4, 0.5) is 5.69 Å². The summed E-state index contributed by atoms with van der Waals surface area (Å²) in [5.74, 6) is -0.485. The zero-order valence-electron chi connectivity index (χ0n) is 12.6. The summed E-state index contributed by atoms with van der Waals surface area (Å²) in [6, 6.07) is 2.88. The number of hydrogen-bond donors (Lipinski definition) is 3. The molecule has 0 radical (unpaired) electrons. The maximum absolute atomic E-state index is 12.2. The summed E-state index contributed by atoms with van der Waals surface area (Å²) in [7, 11) is -3.81. The Kier molecular flexibility index (Phi) is 5.88. The van der Waals surface area contributed by atoms with Crippen LogP contribution in [0.25, 0.3) is 0 Å². The molecule has 118 valence electrons. The highest BCUT2D eigenvalue weighted by atomic mass is 32.2. The number of amides is 1. The Morgan fingerprint density at radius 2 is 1.95 bits per heavy atom. The first-order valence-electron chi connectivity index (χ1n) is 6.85. The lowest BCUT2D eigenvalue weighted by Gasteiger charge is -2.17. The van der Waals surface area contributed by atoms with Gasteiger partial charge >= 0.3 is 0 Å². The lowest BCUT2D eigenvalue weighted by atomic mass is 10.0. The van der Waals surface area contributed by atoms with Gasteiger partial charge in [0.25, 0.3) is 0 Å². The summed E-state index contributed by atoms with van der Waals surface area (Å²) in [6.07, 6.45) is 1.54. The van der Waals surface area contributed by atoms with Crippen LogP contribution in [0.1, 0.15) is 30.9 Å². The van der Waals surface area contributed by atoms with Crippen LogP contribution in [0.15, 0.2) is 17.0 Å².